The number of hydrogen-bond acceptors (Lipinski definition) is 5. The standard InChI is InChI=1S/C13H29N3O2/c1-11(2)14-12(13(17)18-6)7-8-16(5)10-9-15(3)4/h11-12,14H,7-10H2,1-6H3. The van der Waals surface area contributed by atoms with Crippen LogP contribution in [-0.4, -0.2) is 75.7 Å². The molecule has 108 valence electrons. The number of hydrogen-bond donors (Lipinski definition) is 1. The first-order valence-electron chi connectivity index (χ1n) is 6.54. The Morgan fingerprint density at radius 3 is 2.22 bits per heavy atom. The summed E-state index contributed by atoms with van der Waals surface area (Å²) in [6, 6.07) is 0.0676. The zero-order valence-electron chi connectivity index (χ0n) is 12.7. The van der Waals surface area contributed by atoms with Crippen LogP contribution in [0.3, 0.4) is 0 Å². The third-order valence-electron chi connectivity index (χ3n) is 2.75. The van der Waals surface area contributed by atoms with E-state index in [1.54, 1.807) is 0 Å². The molecule has 0 aliphatic rings. The summed E-state index contributed by atoms with van der Waals surface area (Å²) in [5.74, 6) is -0.176. The highest BCUT2D eigenvalue weighted by Crippen LogP contribution is 1.99. The van der Waals surface area contributed by atoms with Crippen LogP contribution in [0.1, 0.15) is 20.3 Å². The van der Waals surface area contributed by atoms with Crippen molar-refractivity contribution in [1.82, 2.24) is 15.1 Å². The molecule has 0 fully saturated rings. The van der Waals surface area contributed by atoms with E-state index in [2.05, 4.69) is 36.3 Å². The van der Waals surface area contributed by atoms with Gasteiger partial charge >= 0.3 is 5.97 Å². The van der Waals surface area contributed by atoms with Gasteiger partial charge in [-0.15, -0.1) is 0 Å². The molecule has 1 unspecified atom stereocenters. The van der Waals surface area contributed by atoms with Crippen LogP contribution in [0.25, 0.3) is 0 Å². The number of nitrogens with zero attached hydrogens (tertiary/aromatic N) is 2. The molecule has 0 bridgehead atoms. The van der Waals surface area contributed by atoms with E-state index in [-0.39, 0.29) is 18.1 Å². The molecule has 5 nitrogen and oxygen atoms in total. The average Bonchev–Trinajstić information content (AvgIpc) is 2.30. The Morgan fingerprint density at radius 1 is 1.17 bits per heavy atom. The lowest BCUT2D eigenvalue weighted by Crippen LogP contribution is -2.43. The molecule has 0 aromatic rings. The topological polar surface area (TPSA) is 44.8 Å². The minimum absolute atomic E-state index is 0.176. The SMILES string of the molecule is COC(=O)C(CCN(C)CCN(C)C)NC(C)C. The first-order chi connectivity index (χ1) is 8.36. The predicted octanol–water partition coefficient (Wildman–Crippen LogP) is 0.410. The Kier molecular flexibility index (Phi) is 8.97. The van der Waals surface area contributed by atoms with Crippen LogP contribution in [0.2, 0.25) is 0 Å². The van der Waals surface area contributed by atoms with Gasteiger partial charge in [0.2, 0.25) is 0 Å². The summed E-state index contributed by atoms with van der Waals surface area (Å²) in [5.41, 5.74) is 0. The van der Waals surface area contributed by atoms with Gasteiger partial charge in [0.25, 0.3) is 0 Å². The van der Waals surface area contributed by atoms with E-state index in [0.717, 1.165) is 26.1 Å². The maximum absolute atomic E-state index is 11.6. The highest BCUT2D eigenvalue weighted by molar-refractivity contribution is 5.75. The predicted molar refractivity (Wildman–Crippen MR) is 74.7 cm³/mol. The number of carbonyl (C=O) groups is 1. The van der Waals surface area contributed by atoms with Crippen molar-refractivity contribution in [3.05, 3.63) is 0 Å². The number of carbonyl (C=O) groups excluding carboxylic acids is 1. The van der Waals surface area contributed by atoms with Crippen molar-refractivity contribution in [3.8, 4) is 0 Å². The van der Waals surface area contributed by atoms with E-state index in [4.69, 9.17) is 4.74 Å². The molecule has 0 aromatic heterocycles. The van der Waals surface area contributed by atoms with E-state index in [9.17, 15) is 4.79 Å². The maximum atomic E-state index is 11.6. The molecular weight excluding hydrogens is 230 g/mol. The summed E-state index contributed by atoms with van der Waals surface area (Å²) in [4.78, 5) is 16.0. The molecule has 0 aliphatic heterocycles. The molecule has 1 N–H and O–H groups in total. The largest absolute Gasteiger partial charge is 0.468 e. The van der Waals surface area contributed by atoms with Gasteiger partial charge in [-0.25, -0.2) is 0 Å². The van der Waals surface area contributed by atoms with Gasteiger partial charge < -0.3 is 19.9 Å². The number of methoxy groups -OCH3 is 1. The fourth-order valence-corrected chi connectivity index (χ4v) is 1.65. The number of ether oxygens (including phenoxy) is 1. The van der Waals surface area contributed by atoms with Crippen LogP contribution >= 0.6 is 0 Å². The summed E-state index contributed by atoms with van der Waals surface area (Å²) in [6.07, 6.45) is 0.773. The van der Waals surface area contributed by atoms with Crippen molar-refractivity contribution in [2.24, 2.45) is 0 Å². The van der Waals surface area contributed by atoms with E-state index >= 15 is 0 Å². The van der Waals surface area contributed by atoms with Crippen molar-refractivity contribution in [3.63, 3.8) is 0 Å². The van der Waals surface area contributed by atoms with Crippen molar-refractivity contribution in [1.29, 1.82) is 0 Å². The number of esters is 1. The lowest BCUT2D eigenvalue weighted by Gasteiger charge is -2.23. The number of likely N-dealkylation sites (N-methyl/N-ethyl adjacent to an activating group) is 2. The molecule has 18 heavy (non-hydrogen) atoms. The van der Waals surface area contributed by atoms with Crippen LogP contribution < -0.4 is 5.32 Å². The highest BCUT2D eigenvalue weighted by Gasteiger charge is 2.19. The van der Waals surface area contributed by atoms with Crippen LogP contribution in [-0.2, 0) is 9.53 Å². The minimum Gasteiger partial charge on any atom is -0.468 e. The van der Waals surface area contributed by atoms with Crippen molar-refractivity contribution in [2.75, 3.05) is 47.9 Å². The first kappa shape index (κ1) is 17.4. The molecule has 0 aliphatic carbocycles. The molecule has 0 radical (unpaired) electrons. The van der Waals surface area contributed by atoms with E-state index in [1.165, 1.54) is 7.11 Å². The zero-order chi connectivity index (χ0) is 14.1. The number of rotatable bonds is 9. The fourth-order valence-electron chi connectivity index (χ4n) is 1.65. The Hall–Kier alpha value is -0.650. The van der Waals surface area contributed by atoms with Crippen LogP contribution in [0.15, 0.2) is 0 Å². The van der Waals surface area contributed by atoms with E-state index in [0.29, 0.717) is 0 Å². The molecule has 0 heterocycles. The second-order valence-electron chi connectivity index (χ2n) is 5.29. The number of nitrogens with one attached hydrogen (secondary N) is 1. The summed E-state index contributed by atoms with van der Waals surface area (Å²) < 4.78 is 4.82. The molecule has 0 aromatic carbocycles. The Balaban J connectivity index is 4.05. The fraction of sp³-hybridized carbons (Fsp3) is 0.923. The van der Waals surface area contributed by atoms with Crippen LogP contribution in [0.5, 0.6) is 0 Å². The normalized spacial score (nSPS) is 13.4. The van der Waals surface area contributed by atoms with Crippen LogP contribution in [0, 0.1) is 0 Å². The lowest BCUT2D eigenvalue weighted by molar-refractivity contribution is -0.143. The quantitative estimate of drug-likeness (QED) is 0.608. The van der Waals surface area contributed by atoms with E-state index in [1.807, 2.05) is 13.8 Å². The molecule has 0 rings (SSSR count). The summed E-state index contributed by atoms with van der Waals surface area (Å²) in [5, 5.41) is 3.24. The van der Waals surface area contributed by atoms with Crippen LogP contribution in [0.4, 0.5) is 0 Å². The molecule has 0 amide bonds. The molecule has 1 atom stereocenters. The van der Waals surface area contributed by atoms with E-state index < -0.39 is 0 Å². The molecule has 0 saturated carbocycles. The summed E-state index contributed by atoms with van der Waals surface area (Å²) >= 11 is 0. The molecule has 0 saturated heterocycles. The van der Waals surface area contributed by atoms with Gasteiger partial charge in [-0.1, -0.05) is 13.8 Å². The Labute approximate surface area is 111 Å². The Bertz CT molecular complexity index is 232. The molecule has 5 heteroatoms. The van der Waals surface area contributed by atoms with Gasteiger partial charge in [-0.05, 0) is 34.1 Å². The van der Waals surface area contributed by atoms with Gasteiger partial charge in [0.15, 0.2) is 0 Å². The van der Waals surface area contributed by atoms with Crippen molar-refractivity contribution < 1.29 is 9.53 Å². The lowest BCUT2D eigenvalue weighted by atomic mass is 10.1. The van der Waals surface area contributed by atoms with Crippen molar-refractivity contribution in [2.45, 2.75) is 32.4 Å². The third-order valence-corrected chi connectivity index (χ3v) is 2.75. The smallest absolute Gasteiger partial charge is 0.322 e. The van der Waals surface area contributed by atoms with Crippen molar-refractivity contribution >= 4 is 5.97 Å². The molecular formula is C13H29N3O2. The third kappa shape index (κ3) is 8.44. The zero-order valence-corrected chi connectivity index (χ0v) is 12.7. The van der Waals surface area contributed by atoms with Gasteiger partial charge in [0.1, 0.15) is 6.04 Å². The Morgan fingerprint density at radius 2 is 1.78 bits per heavy atom. The van der Waals surface area contributed by atoms with Gasteiger partial charge in [0.05, 0.1) is 7.11 Å². The minimum atomic E-state index is -0.211. The highest BCUT2D eigenvalue weighted by atomic mass is 16.5. The van der Waals surface area contributed by atoms with Gasteiger partial charge in [-0.3, -0.25) is 4.79 Å². The first-order valence-corrected chi connectivity index (χ1v) is 6.54. The maximum Gasteiger partial charge on any atom is 0.322 e. The average molecular weight is 259 g/mol. The summed E-state index contributed by atoms with van der Waals surface area (Å²) in [7, 11) is 7.64. The monoisotopic (exact) mass is 259 g/mol. The second kappa shape index (κ2) is 9.30. The second-order valence-corrected chi connectivity index (χ2v) is 5.29. The molecule has 0 spiro atoms. The summed E-state index contributed by atoms with van der Waals surface area (Å²) in [6.45, 7) is 6.98. The van der Waals surface area contributed by atoms with Gasteiger partial charge in [0, 0.05) is 19.1 Å². The van der Waals surface area contributed by atoms with Gasteiger partial charge in [-0.2, -0.15) is 0 Å².